The summed E-state index contributed by atoms with van der Waals surface area (Å²) in [5.74, 6) is 0. The zero-order valence-electron chi connectivity index (χ0n) is 17.2. The van der Waals surface area contributed by atoms with E-state index in [1.165, 1.54) is 109 Å². The van der Waals surface area contributed by atoms with E-state index >= 15 is 0 Å². The van der Waals surface area contributed by atoms with Crippen LogP contribution in [0.5, 0.6) is 0 Å². The van der Waals surface area contributed by atoms with Crippen molar-refractivity contribution in [3.8, 4) is 0 Å². The van der Waals surface area contributed by atoms with Crippen LogP contribution in [-0.4, -0.2) is 31.1 Å². The summed E-state index contributed by atoms with van der Waals surface area (Å²) in [7, 11) is 0. The molecule has 0 bridgehead atoms. The lowest BCUT2D eigenvalue weighted by molar-refractivity contribution is 0.288. The van der Waals surface area contributed by atoms with E-state index in [2.05, 4.69) is 18.7 Å². The summed E-state index contributed by atoms with van der Waals surface area (Å²) < 4.78 is 0. The van der Waals surface area contributed by atoms with E-state index in [0.29, 0.717) is 0 Å². The van der Waals surface area contributed by atoms with Crippen LogP contribution in [-0.2, 0) is 0 Å². The fourth-order valence-electron chi connectivity index (χ4n) is 3.49. The van der Waals surface area contributed by atoms with Gasteiger partial charge in [-0.25, -0.2) is 0 Å². The van der Waals surface area contributed by atoms with Gasteiger partial charge in [-0.05, 0) is 19.5 Å². The smallest absolute Gasteiger partial charge is 0.0104 e. The minimum absolute atomic E-state index is 0.798. The van der Waals surface area contributed by atoms with E-state index in [1.54, 1.807) is 0 Å². The fourth-order valence-corrected chi connectivity index (χ4v) is 3.49. The minimum Gasteiger partial charge on any atom is -0.329 e. The molecular weight excluding hydrogens is 292 g/mol. The van der Waals surface area contributed by atoms with Gasteiger partial charge < -0.3 is 10.6 Å². The van der Waals surface area contributed by atoms with Crippen molar-refractivity contribution in [2.45, 2.75) is 117 Å². The van der Waals surface area contributed by atoms with Crippen LogP contribution in [0.3, 0.4) is 0 Å². The van der Waals surface area contributed by atoms with Gasteiger partial charge in [-0.1, -0.05) is 110 Å². The van der Waals surface area contributed by atoms with Crippen LogP contribution >= 0.6 is 0 Å². The third-order valence-electron chi connectivity index (χ3n) is 5.22. The molecule has 0 saturated carbocycles. The van der Waals surface area contributed by atoms with Gasteiger partial charge in [-0.15, -0.1) is 0 Å². The van der Waals surface area contributed by atoms with Gasteiger partial charge in [0.15, 0.2) is 0 Å². The molecule has 0 saturated heterocycles. The van der Waals surface area contributed by atoms with E-state index in [0.717, 1.165) is 19.6 Å². The van der Waals surface area contributed by atoms with Crippen molar-refractivity contribution in [2.24, 2.45) is 5.73 Å². The molecule has 0 aromatic carbocycles. The molecule has 0 radical (unpaired) electrons. The number of hydrogen-bond acceptors (Lipinski definition) is 2. The van der Waals surface area contributed by atoms with Gasteiger partial charge in [0.25, 0.3) is 0 Å². The lowest BCUT2D eigenvalue weighted by Gasteiger charge is -2.18. The quantitative estimate of drug-likeness (QED) is 0.255. The Morgan fingerprint density at radius 1 is 0.500 bits per heavy atom. The summed E-state index contributed by atoms with van der Waals surface area (Å²) in [5, 5.41) is 0. The predicted octanol–water partition coefficient (Wildman–Crippen LogP) is 6.53. The Balaban J connectivity index is 3.07. The van der Waals surface area contributed by atoms with Crippen LogP contribution in [0.1, 0.15) is 117 Å². The first-order valence-corrected chi connectivity index (χ1v) is 11.3. The molecule has 2 heteroatoms. The van der Waals surface area contributed by atoms with E-state index in [1.807, 2.05) is 0 Å². The number of likely N-dealkylation sites (N-methyl/N-ethyl adjacent to an activating group) is 1. The molecule has 0 unspecified atom stereocenters. The topological polar surface area (TPSA) is 29.3 Å². The first kappa shape index (κ1) is 23.9. The molecule has 0 heterocycles. The zero-order chi connectivity index (χ0) is 17.7. The second-order valence-corrected chi connectivity index (χ2v) is 7.53. The van der Waals surface area contributed by atoms with Gasteiger partial charge in [-0.3, -0.25) is 0 Å². The molecule has 0 atom stereocenters. The fraction of sp³-hybridized carbons (Fsp3) is 1.00. The van der Waals surface area contributed by atoms with E-state index < -0.39 is 0 Å². The van der Waals surface area contributed by atoms with Gasteiger partial charge in [0, 0.05) is 13.1 Å². The minimum atomic E-state index is 0.798. The molecule has 0 aliphatic heterocycles. The maximum Gasteiger partial charge on any atom is 0.0104 e. The Morgan fingerprint density at radius 2 is 0.875 bits per heavy atom. The van der Waals surface area contributed by atoms with Gasteiger partial charge >= 0.3 is 0 Å². The molecule has 2 N–H and O–H groups in total. The third kappa shape index (κ3) is 18.3. The number of rotatable bonds is 20. The van der Waals surface area contributed by atoms with Crippen LogP contribution < -0.4 is 5.73 Å². The molecule has 146 valence electrons. The molecule has 0 rings (SSSR count). The van der Waals surface area contributed by atoms with E-state index in [4.69, 9.17) is 5.73 Å². The number of unbranched alkanes of at least 4 members (excludes halogenated alkanes) is 15. The first-order valence-electron chi connectivity index (χ1n) is 11.3. The molecule has 2 nitrogen and oxygen atoms in total. The average molecular weight is 341 g/mol. The van der Waals surface area contributed by atoms with Crippen molar-refractivity contribution in [3.05, 3.63) is 0 Å². The monoisotopic (exact) mass is 340 g/mol. The Labute approximate surface area is 154 Å². The van der Waals surface area contributed by atoms with Crippen LogP contribution in [0.15, 0.2) is 0 Å². The summed E-state index contributed by atoms with van der Waals surface area (Å²) in [6.07, 6.45) is 23.1. The van der Waals surface area contributed by atoms with Crippen molar-refractivity contribution in [1.29, 1.82) is 0 Å². The van der Waals surface area contributed by atoms with Gasteiger partial charge in [0.2, 0.25) is 0 Å². The number of nitrogens with zero attached hydrogens (tertiary/aromatic N) is 1. The highest BCUT2D eigenvalue weighted by molar-refractivity contribution is 4.56. The molecule has 0 aromatic rings. The van der Waals surface area contributed by atoms with E-state index in [-0.39, 0.29) is 0 Å². The van der Waals surface area contributed by atoms with Gasteiger partial charge in [0.1, 0.15) is 0 Å². The van der Waals surface area contributed by atoms with Crippen LogP contribution in [0, 0.1) is 0 Å². The van der Waals surface area contributed by atoms with Crippen molar-refractivity contribution >= 4 is 0 Å². The van der Waals surface area contributed by atoms with Gasteiger partial charge in [0.05, 0.1) is 0 Å². The van der Waals surface area contributed by atoms with E-state index in [9.17, 15) is 0 Å². The highest BCUT2D eigenvalue weighted by Gasteiger charge is 2.00. The maximum atomic E-state index is 5.62. The number of hydrogen-bond donors (Lipinski definition) is 1. The summed E-state index contributed by atoms with van der Waals surface area (Å²) >= 11 is 0. The summed E-state index contributed by atoms with van der Waals surface area (Å²) in [6, 6.07) is 0. The second kappa shape index (κ2) is 21.0. The molecule has 0 aromatic heterocycles. The third-order valence-corrected chi connectivity index (χ3v) is 5.22. The Kier molecular flexibility index (Phi) is 20.9. The SMILES string of the molecule is CCCCCCCCCCCCCCCCCCN(CC)CCN. The van der Waals surface area contributed by atoms with Crippen molar-refractivity contribution in [3.63, 3.8) is 0 Å². The molecular formula is C22H48N2. The molecule has 24 heavy (non-hydrogen) atoms. The second-order valence-electron chi connectivity index (χ2n) is 7.53. The van der Waals surface area contributed by atoms with Gasteiger partial charge in [-0.2, -0.15) is 0 Å². The van der Waals surface area contributed by atoms with Crippen LogP contribution in [0.4, 0.5) is 0 Å². The average Bonchev–Trinajstić information content (AvgIpc) is 2.60. The predicted molar refractivity (Wildman–Crippen MR) is 111 cm³/mol. The first-order chi connectivity index (χ1) is 11.8. The Morgan fingerprint density at radius 3 is 1.21 bits per heavy atom. The normalized spacial score (nSPS) is 11.5. The van der Waals surface area contributed by atoms with Crippen molar-refractivity contribution in [2.75, 3.05) is 26.2 Å². The molecule has 0 aliphatic rings. The standard InChI is InChI=1S/C22H48N2/c1-3-5-6-7-8-9-10-11-12-13-14-15-16-17-18-19-21-24(4-2)22-20-23/h3-23H2,1-2H3. The summed E-state index contributed by atoms with van der Waals surface area (Å²) in [6.45, 7) is 8.79. The van der Waals surface area contributed by atoms with Crippen molar-refractivity contribution in [1.82, 2.24) is 4.90 Å². The summed E-state index contributed by atoms with van der Waals surface area (Å²) in [5.41, 5.74) is 5.62. The van der Waals surface area contributed by atoms with Crippen LogP contribution in [0.2, 0.25) is 0 Å². The van der Waals surface area contributed by atoms with Crippen LogP contribution in [0.25, 0.3) is 0 Å². The lowest BCUT2D eigenvalue weighted by Crippen LogP contribution is -2.30. The molecule has 0 spiro atoms. The Hall–Kier alpha value is -0.0800. The number of nitrogens with two attached hydrogens (primary N) is 1. The maximum absolute atomic E-state index is 5.62. The largest absolute Gasteiger partial charge is 0.329 e. The molecule has 0 aliphatic carbocycles. The summed E-state index contributed by atoms with van der Waals surface area (Å²) in [4.78, 5) is 2.48. The van der Waals surface area contributed by atoms with Crippen molar-refractivity contribution < 1.29 is 0 Å². The molecule has 0 fully saturated rings. The highest BCUT2D eigenvalue weighted by Crippen LogP contribution is 2.13. The Bertz CT molecular complexity index is 218. The zero-order valence-corrected chi connectivity index (χ0v) is 17.2. The lowest BCUT2D eigenvalue weighted by atomic mass is 10.0. The highest BCUT2D eigenvalue weighted by atomic mass is 15.1. The molecule has 0 amide bonds.